The van der Waals surface area contributed by atoms with Gasteiger partial charge in [-0.15, -0.1) is 0 Å². The number of hydrogen-bond donors (Lipinski definition) is 1. The Hall–Kier alpha value is -2.85. The van der Waals surface area contributed by atoms with Gasteiger partial charge in [0.1, 0.15) is 0 Å². The summed E-state index contributed by atoms with van der Waals surface area (Å²) < 4.78 is 7.33. The topological polar surface area (TPSA) is 83.2 Å². The first kappa shape index (κ1) is 17.0. The zero-order chi connectivity index (χ0) is 18.0. The molecule has 0 aliphatic carbocycles. The van der Waals surface area contributed by atoms with Crippen LogP contribution in [0.4, 0.5) is 0 Å². The molecule has 0 saturated carbocycles. The van der Waals surface area contributed by atoms with Crippen LogP contribution in [-0.4, -0.2) is 53.9 Å². The Morgan fingerprint density at radius 3 is 2.80 bits per heavy atom. The lowest BCUT2D eigenvalue weighted by Crippen LogP contribution is -2.25. The molecule has 0 radical (unpaired) electrons. The highest BCUT2D eigenvalue weighted by molar-refractivity contribution is 5.96. The zero-order valence-electron chi connectivity index (χ0n) is 14.6. The van der Waals surface area contributed by atoms with Gasteiger partial charge in [0.25, 0.3) is 5.91 Å². The van der Waals surface area contributed by atoms with Crippen LogP contribution in [0.5, 0.6) is 0 Å². The van der Waals surface area contributed by atoms with Gasteiger partial charge < -0.3 is 15.0 Å². The molecule has 1 amide bonds. The molecule has 7 heteroatoms. The fourth-order valence-electron chi connectivity index (χ4n) is 3.35. The number of likely N-dealkylation sites (tertiary alicyclic amines) is 1. The summed E-state index contributed by atoms with van der Waals surface area (Å²) in [5, 5.41) is 16.1. The first-order chi connectivity index (χ1) is 12.1. The van der Waals surface area contributed by atoms with Crippen LogP contribution < -0.4 is 5.32 Å². The Labute approximate surface area is 146 Å². The van der Waals surface area contributed by atoms with E-state index >= 15 is 0 Å². The third kappa shape index (κ3) is 3.21. The second kappa shape index (κ2) is 6.95. The van der Waals surface area contributed by atoms with Crippen molar-refractivity contribution in [1.29, 1.82) is 5.26 Å². The number of methoxy groups -OCH3 is 1. The van der Waals surface area contributed by atoms with Crippen molar-refractivity contribution < 1.29 is 9.53 Å². The molecule has 1 fully saturated rings. The number of hydrogen-bond acceptors (Lipinski definition) is 5. The number of aromatic nitrogens is 2. The van der Waals surface area contributed by atoms with Crippen LogP contribution in [0.2, 0.25) is 0 Å². The molecule has 1 N–H and O–H groups in total. The molecule has 1 aromatic heterocycles. The van der Waals surface area contributed by atoms with Crippen LogP contribution >= 0.6 is 0 Å². The first-order valence-corrected chi connectivity index (χ1v) is 8.10. The number of nitriles is 1. The van der Waals surface area contributed by atoms with Crippen LogP contribution in [0.25, 0.3) is 11.1 Å². The lowest BCUT2D eigenvalue weighted by molar-refractivity contribution is 0.0945. The van der Waals surface area contributed by atoms with Gasteiger partial charge in [-0.1, -0.05) is 6.07 Å². The summed E-state index contributed by atoms with van der Waals surface area (Å²) in [7, 11) is 5.13. The van der Waals surface area contributed by atoms with E-state index in [9.17, 15) is 10.1 Å². The predicted octanol–water partition coefficient (Wildman–Crippen LogP) is 1.34. The maximum atomic E-state index is 12.3. The normalized spacial score (nSPS) is 19.7. The van der Waals surface area contributed by atoms with Crippen molar-refractivity contribution >= 4 is 5.91 Å². The minimum absolute atomic E-state index is 0.0476. The standard InChI is InChI=1S/C18H21N5O2/c1-20-18(24)14-5-4-12(13-7-21-22(2)8-13)6-15(14)16-9-23(11-19)10-17(16)25-3/h4-8,16-17H,9-10H2,1-3H3,(H,20,24)/t16-,17+/m0/s1. The van der Waals surface area contributed by atoms with Crippen molar-refractivity contribution in [3.05, 3.63) is 41.7 Å². The second-order valence-corrected chi connectivity index (χ2v) is 6.17. The number of carbonyl (C=O) groups excluding carboxylic acids is 1. The van der Waals surface area contributed by atoms with E-state index in [2.05, 4.69) is 16.6 Å². The zero-order valence-corrected chi connectivity index (χ0v) is 14.6. The van der Waals surface area contributed by atoms with E-state index in [0.29, 0.717) is 18.7 Å². The Bertz CT molecular complexity index is 823. The van der Waals surface area contributed by atoms with Crippen molar-refractivity contribution in [2.24, 2.45) is 7.05 Å². The number of rotatable bonds is 4. The fourth-order valence-corrected chi connectivity index (χ4v) is 3.35. The summed E-state index contributed by atoms with van der Waals surface area (Å²) >= 11 is 0. The van der Waals surface area contributed by atoms with Crippen LogP contribution in [-0.2, 0) is 11.8 Å². The summed E-state index contributed by atoms with van der Waals surface area (Å²) in [6.07, 6.45) is 5.78. The lowest BCUT2D eigenvalue weighted by Gasteiger charge is -2.20. The second-order valence-electron chi connectivity index (χ2n) is 6.17. The van der Waals surface area contributed by atoms with Gasteiger partial charge in [-0.25, -0.2) is 0 Å². The van der Waals surface area contributed by atoms with Crippen molar-refractivity contribution in [2.75, 3.05) is 27.2 Å². The van der Waals surface area contributed by atoms with E-state index in [4.69, 9.17) is 4.74 Å². The Morgan fingerprint density at radius 1 is 1.40 bits per heavy atom. The third-order valence-electron chi connectivity index (χ3n) is 4.67. The van der Waals surface area contributed by atoms with E-state index in [1.807, 2.05) is 31.4 Å². The maximum absolute atomic E-state index is 12.3. The number of amides is 1. The summed E-state index contributed by atoms with van der Waals surface area (Å²) in [4.78, 5) is 14.0. The molecule has 25 heavy (non-hydrogen) atoms. The molecule has 1 aliphatic rings. The lowest BCUT2D eigenvalue weighted by atomic mass is 9.89. The number of nitrogens with zero attached hydrogens (tertiary/aromatic N) is 4. The number of benzene rings is 1. The van der Waals surface area contributed by atoms with Gasteiger partial charge in [0.05, 0.1) is 18.8 Å². The van der Waals surface area contributed by atoms with Crippen molar-refractivity contribution in [3.8, 4) is 17.3 Å². The number of nitrogens with one attached hydrogen (secondary N) is 1. The fraction of sp³-hybridized carbons (Fsp3) is 0.389. The molecule has 2 atom stereocenters. The molecule has 3 rings (SSSR count). The number of aryl methyl sites for hydroxylation is 1. The third-order valence-corrected chi connectivity index (χ3v) is 4.67. The smallest absolute Gasteiger partial charge is 0.251 e. The van der Waals surface area contributed by atoms with E-state index in [-0.39, 0.29) is 17.9 Å². The monoisotopic (exact) mass is 339 g/mol. The minimum atomic E-state index is -0.141. The van der Waals surface area contributed by atoms with E-state index in [1.165, 1.54) is 0 Å². The van der Waals surface area contributed by atoms with Gasteiger partial charge in [-0.3, -0.25) is 9.48 Å². The quantitative estimate of drug-likeness (QED) is 0.850. The van der Waals surface area contributed by atoms with Crippen molar-refractivity contribution in [3.63, 3.8) is 0 Å². The Kier molecular flexibility index (Phi) is 4.72. The highest BCUT2D eigenvalue weighted by Gasteiger charge is 2.36. The minimum Gasteiger partial charge on any atom is -0.379 e. The van der Waals surface area contributed by atoms with Crippen LogP contribution in [0.15, 0.2) is 30.6 Å². The summed E-state index contributed by atoms with van der Waals surface area (Å²) in [5.41, 5.74) is 3.48. The van der Waals surface area contributed by atoms with Gasteiger partial charge in [-0.05, 0) is 23.3 Å². The highest BCUT2D eigenvalue weighted by Crippen LogP contribution is 2.34. The maximum Gasteiger partial charge on any atom is 0.251 e. The largest absolute Gasteiger partial charge is 0.379 e. The Balaban J connectivity index is 2.08. The average molecular weight is 339 g/mol. The van der Waals surface area contributed by atoms with E-state index < -0.39 is 0 Å². The summed E-state index contributed by atoms with van der Waals surface area (Å²) in [5.74, 6) is -0.188. The van der Waals surface area contributed by atoms with Gasteiger partial charge in [0, 0.05) is 51.0 Å². The van der Waals surface area contributed by atoms with Crippen LogP contribution in [0.3, 0.4) is 0 Å². The van der Waals surface area contributed by atoms with Gasteiger partial charge in [-0.2, -0.15) is 10.4 Å². The van der Waals surface area contributed by atoms with Gasteiger partial charge in [0.2, 0.25) is 0 Å². The van der Waals surface area contributed by atoms with Crippen molar-refractivity contribution in [1.82, 2.24) is 20.0 Å². The predicted molar refractivity (Wildman–Crippen MR) is 92.8 cm³/mol. The van der Waals surface area contributed by atoms with Crippen molar-refractivity contribution in [2.45, 2.75) is 12.0 Å². The molecule has 1 aromatic carbocycles. The van der Waals surface area contributed by atoms with E-state index in [1.54, 1.807) is 29.9 Å². The number of ether oxygens (including phenoxy) is 1. The molecule has 0 unspecified atom stereocenters. The number of carbonyl (C=O) groups is 1. The Morgan fingerprint density at radius 2 is 2.20 bits per heavy atom. The molecule has 0 bridgehead atoms. The van der Waals surface area contributed by atoms with E-state index in [0.717, 1.165) is 16.7 Å². The van der Waals surface area contributed by atoms with Crippen LogP contribution in [0, 0.1) is 11.5 Å². The molecule has 130 valence electrons. The van der Waals surface area contributed by atoms with Crippen LogP contribution in [0.1, 0.15) is 21.8 Å². The summed E-state index contributed by atoms with van der Waals surface area (Å²) in [6.45, 7) is 1.07. The molecule has 0 spiro atoms. The SMILES string of the molecule is CNC(=O)c1ccc(-c2cnn(C)c2)cc1[C@@H]1CN(C#N)C[C@H]1OC. The average Bonchev–Trinajstić information content (AvgIpc) is 3.26. The highest BCUT2D eigenvalue weighted by atomic mass is 16.5. The van der Waals surface area contributed by atoms with Gasteiger partial charge in [0.15, 0.2) is 6.19 Å². The summed E-state index contributed by atoms with van der Waals surface area (Å²) in [6, 6.07) is 5.77. The molecular formula is C18H21N5O2. The molecule has 1 aliphatic heterocycles. The molecule has 1 saturated heterocycles. The molecule has 2 heterocycles. The van der Waals surface area contributed by atoms with Gasteiger partial charge >= 0.3 is 0 Å². The molecule has 2 aromatic rings. The molecule has 7 nitrogen and oxygen atoms in total. The molecular weight excluding hydrogens is 318 g/mol. The first-order valence-electron chi connectivity index (χ1n) is 8.10.